The van der Waals surface area contributed by atoms with Crippen LogP contribution < -0.4 is 5.43 Å². The van der Waals surface area contributed by atoms with Crippen molar-refractivity contribution < 1.29 is 19.1 Å². The van der Waals surface area contributed by atoms with Gasteiger partial charge in [0.05, 0.1) is 27.2 Å². The Morgan fingerprint density at radius 1 is 1.16 bits per heavy atom. The molecule has 0 saturated heterocycles. The van der Waals surface area contributed by atoms with Crippen LogP contribution in [0, 0.1) is 0 Å². The van der Waals surface area contributed by atoms with Crippen molar-refractivity contribution in [2.75, 3.05) is 20.5 Å². The van der Waals surface area contributed by atoms with E-state index in [1.54, 1.807) is 12.1 Å². The summed E-state index contributed by atoms with van der Waals surface area (Å²) in [6.45, 7) is 0.436. The molecule has 0 aliphatic heterocycles. The van der Waals surface area contributed by atoms with Crippen molar-refractivity contribution in [2.45, 2.75) is 19.4 Å². The zero-order valence-corrected chi connectivity index (χ0v) is 15.8. The predicted octanol–water partition coefficient (Wildman–Crippen LogP) is 2.63. The fourth-order valence-corrected chi connectivity index (χ4v) is 2.11. The van der Waals surface area contributed by atoms with Gasteiger partial charge in [0, 0.05) is 11.4 Å². The first kappa shape index (κ1) is 21.0. The third-order valence-corrected chi connectivity index (χ3v) is 3.87. The van der Waals surface area contributed by atoms with E-state index in [2.05, 4.69) is 25.0 Å². The Labute approximate surface area is 155 Å². The molecule has 0 saturated carbocycles. The van der Waals surface area contributed by atoms with Crippen LogP contribution in [0.1, 0.15) is 18.4 Å². The third-order valence-electron chi connectivity index (χ3n) is 3.01. The normalized spacial score (nSPS) is 11.8. The van der Waals surface area contributed by atoms with Gasteiger partial charge in [-0.15, -0.1) is 0 Å². The van der Waals surface area contributed by atoms with E-state index in [1.165, 1.54) is 26.0 Å². The molecular formula is C16H20ClN3O4S. The highest BCUT2D eigenvalue weighted by Gasteiger charge is 2.14. The van der Waals surface area contributed by atoms with Crippen molar-refractivity contribution in [2.24, 2.45) is 10.1 Å². The lowest BCUT2D eigenvalue weighted by atomic mass is 10.2. The zero-order chi connectivity index (χ0) is 18.7. The van der Waals surface area contributed by atoms with Crippen molar-refractivity contribution >= 4 is 46.2 Å². The summed E-state index contributed by atoms with van der Waals surface area (Å²) in [5, 5.41) is 5.19. The first-order valence-electron chi connectivity index (χ1n) is 7.30. The molecule has 7 nitrogen and oxygen atoms in total. The van der Waals surface area contributed by atoms with Gasteiger partial charge in [-0.05, 0) is 24.0 Å². The number of hydrogen-bond acceptors (Lipinski definition) is 7. The number of carbonyl (C=O) groups excluding carboxylic acids is 2. The number of benzene rings is 1. The van der Waals surface area contributed by atoms with Gasteiger partial charge in [-0.3, -0.25) is 15.2 Å². The van der Waals surface area contributed by atoms with Gasteiger partial charge in [0.1, 0.15) is 5.71 Å². The minimum Gasteiger partial charge on any atom is -0.469 e. The average Bonchev–Trinajstić information content (AvgIpc) is 2.64. The lowest BCUT2D eigenvalue weighted by Gasteiger charge is -2.07. The summed E-state index contributed by atoms with van der Waals surface area (Å²) in [5.41, 5.74) is 3.80. The number of thioether (sulfide) groups is 1. The minimum atomic E-state index is -0.616. The molecule has 0 radical (unpaired) electrons. The van der Waals surface area contributed by atoms with Gasteiger partial charge in [0.25, 0.3) is 0 Å². The molecule has 0 aliphatic rings. The largest absolute Gasteiger partial charge is 0.469 e. The highest BCUT2D eigenvalue weighted by atomic mass is 35.5. The molecule has 0 amide bonds. The smallest absolute Gasteiger partial charge is 0.354 e. The number of aliphatic imine (C=N–C) groups is 1. The summed E-state index contributed by atoms with van der Waals surface area (Å²) in [5.74, 6) is -1.05. The van der Waals surface area contributed by atoms with E-state index in [1.807, 2.05) is 18.4 Å². The van der Waals surface area contributed by atoms with E-state index in [-0.39, 0.29) is 18.6 Å². The summed E-state index contributed by atoms with van der Waals surface area (Å²) in [4.78, 5) is 27.3. The SMILES string of the molecule is COC(=O)CC/C(=N/NC(=NCc1ccc(Cl)cc1)SC)C(=O)OC. The van der Waals surface area contributed by atoms with Crippen LogP contribution in [0.3, 0.4) is 0 Å². The summed E-state index contributed by atoms with van der Waals surface area (Å²) in [6.07, 6.45) is 1.96. The van der Waals surface area contributed by atoms with Gasteiger partial charge in [-0.2, -0.15) is 5.10 Å². The van der Waals surface area contributed by atoms with E-state index in [0.29, 0.717) is 16.7 Å². The van der Waals surface area contributed by atoms with Gasteiger partial charge < -0.3 is 9.47 Å². The standard InChI is InChI=1S/C16H20ClN3O4S/c1-23-14(21)9-8-13(15(22)24-2)19-20-16(25-3)18-10-11-4-6-12(17)7-5-11/h4-7H,8-10H2,1-3H3,(H,18,20)/b19-13-. The Morgan fingerprint density at radius 3 is 2.40 bits per heavy atom. The van der Waals surface area contributed by atoms with Crippen LogP contribution in [0.25, 0.3) is 0 Å². The molecule has 0 fully saturated rings. The zero-order valence-electron chi connectivity index (χ0n) is 14.2. The molecule has 1 rings (SSSR count). The number of nitrogens with zero attached hydrogens (tertiary/aromatic N) is 2. The van der Waals surface area contributed by atoms with Crippen LogP contribution in [-0.4, -0.2) is 43.3 Å². The van der Waals surface area contributed by atoms with Crippen LogP contribution in [0.2, 0.25) is 5.02 Å². The fourth-order valence-electron chi connectivity index (χ4n) is 1.66. The molecule has 136 valence electrons. The van der Waals surface area contributed by atoms with Crippen LogP contribution >= 0.6 is 23.4 Å². The Hall–Kier alpha value is -2.06. The topological polar surface area (TPSA) is 89.4 Å². The van der Waals surface area contributed by atoms with E-state index in [9.17, 15) is 9.59 Å². The van der Waals surface area contributed by atoms with Crippen molar-refractivity contribution in [1.29, 1.82) is 0 Å². The van der Waals surface area contributed by atoms with Crippen molar-refractivity contribution in [1.82, 2.24) is 5.43 Å². The van der Waals surface area contributed by atoms with E-state index in [0.717, 1.165) is 5.56 Å². The summed E-state index contributed by atoms with van der Waals surface area (Å²) < 4.78 is 9.22. The number of rotatable bonds is 7. The van der Waals surface area contributed by atoms with Gasteiger partial charge in [-0.25, -0.2) is 4.79 Å². The third kappa shape index (κ3) is 8.04. The highest BCUT2D eigenvalue weighted by molar-refractivity contribution is 8.13. The highest BCUT2D eigenvalue weighted by Crippen LogP contribution is 2.11. The van der Waals surface area contributed by atoms with Crippen LogP contribution in [-0.2, 0) is 25.6 Å². The summed E-state index contributed by atoms with van der Waals surface area (Å²) in [6, 6.07) is 7.34. The summed E-state index contributed by atoms with van der Waals surface area (Å²) in [7, 11) is 2.53. The Bertz CT molecular complexity index is 647. The molecule has 0 bridgehead atoms. The molecule has 0 unspecified atom stereocenters. The number of hydrazone groups is 1. The number of hydrogen-bond donors (Lipinski definition) is 1. The maximum absolute atomic E-state index is 11.7. The number of carbonyl (C=O) groups is 2. The molecule has 1 N–H and O–H groups in total. The average molecular weight is 386 g/mol. The second-order valence-corrected chi connectivity index (χ2v) is 5.92. The molecule has 1 aromatic rings. The molecule has 0 aromatic heterocycles. The van der Waals surface area contributed by atoms with Gasteiger partial charge in [0.2, 0.25) is 0 Å². The molecule has 0 atom stereocenters. The lowest BCUT2D eigenvalue weighted by molar-refractivity contribution is -0.140. The van der Waals surface area contributed by atoms with Gasteiger partial charge in [0.15, 0.2) is 5.17 Å². The molecular weight excluding hydrogens is 366 g/mol. The second kappa shape index (κ2) is 11.5. The van der Waals surface area contributed by atoms with Crippen LogP contribution in [0.15, 0.2) is 34.4 Å². The first-order valence-corrected chi connectivity index (χ1v) is 8.91. The van der Waals surface area contributed by atoms with E-state index in [4.69, 9.17) is 11.6 Å². The van der Waals surface area contributed by atoms with Crippen molar-refractivity contribution in [3.05, 3.63) is 34.9 Å². The fraction of sp³-hybridized carbons (Fsp3) is 0.375. The van der Waals surface area contributed by atoms with E-state index >= 15 is 0 Å². The van der Waals surface area contributed by atoms with Gasteiger partial charge in [-0.1, -0.05) is 35.5 Å². The Morgan fingerprint density at radius 2 is 1.84 bits per heavy atom. The molecule has 1 aromatic carbocycles. The van der Waals surface area contributed by atoms with E-state index < -0.39 is 11.9 Å². The number of esters is 2. The predicted molar refractivity (Wildman–Crippen MR) is 99.9 cm³/mol. The second-order valence-electron chi connectivity index (χ2n) is 4.69. The quantitative estimate of drug-likeness (QED) is 0.336. The number of amidine groups is 1. The number of halogens is 1. The molecule has 25 heavy (non-hydrogen) atoms. The van der Waals surface area contributed by atoms with Crippen LogP contribution in [0.5, 0.6) is 0 Å². The monoisotopic (exact) mass is 385 g/mol. The molecule has 0 heterocycles. The van der Waals surface area contributed by atoms with Crippen molar-refractivity contribution in [3.8, 4) is 0 Å². The number of methoxy groups -OCH3 is 2. The first-order chi connectivity index (χ1) is 12.0. The Balaban J connectivity index is 2.74. The molecule has 0 spiro atoms. The lowest BCUT2D eigenvalue weighted by Crippen LogP contribution is -2.23. The maximum Gasteiger partial charge on any atom is 0.354 e. The summed E-state index contributed by atoms with van der Waals surface area (Å²) >= 11 is 7.19. The van der Waals surface area contributed by atoms with Gasteiger partial charge >= 0.3 is 11.9 Å². The molecule has 0 aliphatic carbocycles. The van der Waals surface area contributed by atoms with Crippen LogP contribution in [0.4, 0.5) is 0 Å². The molecule has 9 heteroatoms. The minimum absolute atomic E-state index is 0.0304. The van der Waals surface area contributed by atoms with Crippen molar-refractivity contribution in [3.63, 3.8) is 0 Å². The Kier molecular flexibility index (Phi) is 9.64. The number of nitrogens with one attached hydrogen (secondary N) is 1. The number of ether oxygens (including phenoxy) is 2. The maximum atomic E-state index is 11.7.